The van der Waals surface area contributed by atoms with E-state index >= 15 is 0 Å². The Morgan fingerprint density at radius 3 is 2.39 bits per heavy atom. The smallest absolute Gasteiger partial charge is 0.311 e. The largest absolute Gasteiger partial charge is 0.395 e. The molecular weight excluding hydrogens is 238 g/mol. The number of rotatable bonds is 4. The van der Waals surface area contributed by atoms with Gasteiger partial charge in [-0.25, -0.2) is 0 Å². The first kappa shape index (κ1) is 14.9. The van der Waals surface area contributed by atoms with Crippen molar-refractivity contribution >= 4 is 11.8 Å². The number of carbonyl (C=O) groups excluding carboxylic acids is 2. The second-order valence-electron chi connectivity index (χ2n) is 4.42. The van der Waals surface area contributed by atoms with Crippen LogP contribution in [0.15, 0.2) is 0 Å². The van der Waals surface area contributed by atoms with Crippen molar-refractivity contribution in [3.8, 4) is 0 Å². The molecule has 1 aliphatic heterocycles. The average Bonchev–Trinajstić information content (AvgIpc) is 2.36. The van der Waals surface area contributed by atoms with Crippen molar-refractivity contribution in [2.24, 2.45) is 0 Å². The number of nitrogens with zero attached hydrogens (tertiary/aromatic N) is 2. The summed E-state index contributed by atoms with van der Waals surface area (Å²) >= 11 is 0. The van der Waals surface area contributed by atoms with Gasteiger partial charge < -0.3 is 20.4 Å². The Kier molecular flexibility index (Phi) is 6.03. The number of amides is 2. The molecule has 104 valence electrons. The van der Waals surface area contributed by atoms with E-state index in [1.807, 2.05) is 4.90 Å². The van der Waals surface area contributed by atoms with Gasteiger partial charge in [0.25, 0.3) is 0 Å². The Labute approximate surface area is 106 Å². The van der Waals surface area contributed by atoms with Crippen molar-refractivity contribution in [3.63, 3.8) is 0 Å². The first-order chi connectivity index (χ1) is 8.54. The average molecular weight is 259 g/mol. The molecule has 7 nitrogen and oxygen atoms in total. The van der Waals surface area contributed by atoms with Gasteiger partial charge in [0.2, 0.25) is 0 Å². The molecular formula is C11H21N3O4. The van der Waals surface area contributed by atoms with E-state index in [2.05, 4.69) is 5.32 Å². The van der Waals surface area contributed by atoms with Gasteiger partial charge in [0.05, 0.1) is 12.7 Å². The lowest BCUT2D eigenvalue weighted by Gasteiger charge is -2.33. The number of hydrogen-bond donors (Lipinski definition) is 3. The van der Waals surface area contributed by atoms with E-state index in [1.165, 1.54) is 4.90 Å². The fourth-order valence-corrected chi connectivity index (χ4v) is 1.78. The third-order valence-corrected chi connectivity index (χ3v) is 2.83. The number of aliphatic hydroxyl groups excluding tert-OH is 2. The zero-order chi connectivity index (χ0) is 13.5. The summed E-state index contributed by atoms with van der Waals surface area (Å²) in [5.41, 5.74) is 0. The zero-order valence-electron chi connectivity index (χ0n) is 10.6. The minimum atomic E-state index is -0.675. The minimum absolute atomic E-state index is 0.0784. The Balaban J connectivity index is 2.33. The van der Waals surface area contributed by atoms with E-state index in [1.54, 1.807) is 6.92 Å². The second kappa shape index (κ2) is 7.30. The van der Waals surface area contributed by atoms with E-state index in [-0.39, 0.29) is 13.2 Å². The summed E-state index contributed by atoms with van der Waals surface area (Å²) < 4.78 is 0. The predicted octanol–water partition coefficient (Wildman–Crippen LogP) is -2.38. The molecule has 1 heterocycles. The summed E-state index contributed by atoms with van der Waals surface area (Å²) in [6, 6.07) is 0. The van der Waals surface area contributed by atoms with E-state index in [0.717, 1.165) is 0 Å². The van der Waals surface area contributed by atoms with Gasteiger partial charge in [-0.1, -0.05) is 0 Å². The maximum atomic E-state index is 11.7. The van der Waals surface area contributed by atoms with Gasteiger partial charge in [0, 0.05) is 39.3 Å². The van der Waals surface area contributed by atoms with Gasteiger partial charge in [-0.05, 0) is 6.92 Å². The van der Waals surface area contributed by atoms with Gasteiger partial charge in [0.1, 0.15) is 0 Å². The lowest BCUT2D eigenvalue weighted by atomic mass is 10.3. The highest BCUT2D eigenvalue weighted by molar-refractivity contribution is 6.35. The SMILES string of the molecule is CC(O)CNC(=O)C(=O)N1CCN(CCO)CC1. The zero-order valence-corrected chi connectivity index (χ0v) is 10.6. The van der Waals surface area contributed by atoms with Crippen LogP contribution in [0.25, 0.3) is 0 Å². The minimum Gasteiger partial charge on any atom is -0.395 e. The molecule has 1 unspecified atom stereocenters. The second-order valence-corrected chi connectivity index (χ2v) is 4.42. The molecule has 2 amide bonds. The van der Waals surface area contributed by atoms with E-state index in [9.17, 15) is 9.59 Å². The van der Waals surface area contributed by atoms with Crippen LogP contribution in [0.1, 0.15) is 6.92 Å². The van der Waals surface area contributed by atoms with Gasteiger partial charge in [-0.2, -0.15) is 0 Å². The summed E-state index contributed by atoms with van der Waals surface area (Å²) in [7, 11) is 0. The predicted molar refractivity (Wildman–Crippen MR) is 64.8 cm³/mol. The summed E-state index contributed by atoms with van der Waals surface area (Å²) in [4.78, 5) is 26.8. The summed E-state index contributed by atoms with van der Waals surface area (Å²) in [5.74, 6) is -1.23. The normalized spacial score (nSPS) is 18.5. The molecule has 1 fully saturated rings. The van der Waals surface area contributed by atoms with E-state index in [0.29, 0.717) is 32.7 Å². The van der Waals surface area contributed by atoms with Crippen LogP contribution in [-0.2, 0) is 9.59 Å². The topological polar surface area (TPSA) is 93.1 Å². The molecule has 0 spiro atoms. The number of hydrogen-bond acceptors (Lipinski definition) is 5. The number of nitrogens with one attached hydrogen (secondary N) is 1. The van der Waals surface area contributed by atoms with Crippen molar-refractivity contribution in [1.82, 2.24) is 15.1 Å². The number of aliphatic hydroxyl groups is 2. The van der Waals surface area contributed by atoms with Crippen LogP contribution < -0.4 is 5.32 Å². The van der Waals surface area contributed by atoms with Gasteiger partial charge >= 0.3 is 11.8 Å². The fourth-order valence-electron chi connectivity index (χ4n) is 1.78. The van der Waals surface area contributed by atoms with Crippen LogP contribution in [0, 0.1) is 0 Å². The monoisotopic (exact) mass is 259 g/mol. The number of piperazine rings is 1. The third-order valence-electron chi connectivity index (χ3n) is 2.83. The Morgan fingerprint density at radius 1 is 1.28 bits per heavy atom. The van der Waals surface area contributed by atoms with E-state index in [4.69, 9.17) is 10.2 Å². The molecule has 0 aromatic heterocycles. The standard InChI is InChI=1S/C11H21N3O4/c1-9(16)8-12-10(17)11(18)14-4-2-13(3-5-14)6-7-15/h9,15-16H,2-8H2,1H3,(H,12,17). The molecule has 0 bridgehead atoms. The van der Waals surface area contributed by atoms with Gasteiger partial charge in [-0.15, -0.1) is 0 Å². The van der Waals surface area contributed by atoms with Crippen molar-refractivity contribution in [2.45, 2.75) is 13.0 Å². The molecule has 18 heavy (non-hydrogen) atoms. The van der Waals surface area contributed by atoms with Crippen molar-refractivity contribution in [1.29, 1.82) is 0 Å². The molecule has 0 aromatic carbocycles. The Hall–Kier alpha value is -1.18. The van der Waals surface area contributed by atoms with Crippen molar-refractivity contribution in [2.75, 3.05) is 45.9 Å². The highest BCUT2D eigenvalue weighted by atomic mass is 16.3. The van der Waals surface area contributed by atoms with Crippen LogP contribution in [-0.4, -0.2) is 83.8 Å². The molecule has 1 rings (SSSR count). The Morgan fingerprint density at radius 2 is 1.89 bits per heavy atom. The first-order valence-electron chi connectivity index (χ1n) is 6.13. The third kappa shape index (κ3) is 4.59. The molecule has 1 saturated heterocycles. The molecule has 0 saturated carbocycles. The molecule has 3 N–H and O–H groups in total. The van der Waals surface area contributed by atoms with Crippen molar-refractivity contribution in [3.05, 3.63) is 0 Å². The highest BCUT2D eigenvalue weighted by Gasteiger charge is 2.25. The summed E-state index contributed by atoms with van der Waals surface area (Å²) in [5, 5.41) is 20.2. The summed E-state index contributed by atoms with van der Waals surface area (Å²) in [6.07, 6.45) is -0.664. The van der Waals surface area contributed by atoms with Gasteiger partial charge in [-0.3, -0.25) is 14.5 Å². The molecule has 1 atom stereocenters. The quantitative estimate of drug-likeness (QED) is 0.490. The van der Waals surface area contributed by atoms with Crippen LogP contribution in [0.4, 0.5) is 0 Å². The van der Waals surface area contributed by atoms with E-state index < -0.39 is 17.9 Å². The molecule has 1 aliphatic rings. The van der Waals surface area contributed by atoms with Crippen LogP contribution in [0.5, 0.6) is 0 Å². The fraction of sp³-hybridized carbons (Fsp3) is 0.818. The first-order valence-corrected chi connectivity index (χ1v) is 6.13. The van der Waals surface area contributed by atoms with Crippen LogP contribution in [0.2, 0.25) is 0 Å². The highest BCUT2D eigenvalue weighted by Crippen LogP contribution is 2.01. The van der Waals surface area contributed by atoms with Gasteiger partial charge in [0.15, 0.2) is 0 Å². The number of carbonyl (C=O) groups is 2. The van der Waals surface area contributed by atoms with Crippen molar-refractivity contribution < 1.29 is 19.8 Å². The lowest BCUT2D eigenvalue weighted by molar-refractivity contribution is -0.147. The molecule has 0 aliphatic carbocycles. The number of β-amino-alcohol motifs (C(OH)–C–C–N with tert-alkyl or cyclic N) is 1. The molecule has 0 radical (unpaired) electrons. The van der Waals surface area contributed by atoms with Crippen LogP contribution in [0.3, 0.4) is 0 Å². The summed E-state index contributed by atoms with van der Waals surface area (Å²) in [6.45, 7) is 4.61. The lowest BCUT2D eigenvalue weighted by Crippen LogP contribution is -2.53. The molecule has 0 aromatic rings. The Bertz CT molecular complexity index is 288. The van der Waals surface area contributed by atoms with Crippen LogP contribution >= 0.6 is 0 Å². The maximum absolute atomic E-state index is 11.7. The maximum Gasteiger partial charge on any atom is 0.311 e. The molecule has 7 heteroatoms.